The zero-order chi connectivity index (χ0) is 22.0. The Labute approximate surface area is 180 Å². The number of hydrogen-bond acceptors (Lipinski definition) is 4. The number of alkyl carbamates (subject to hydrolysis) is 1. The van der Waals surface area contributed by atoms with Gasteiger partial charge >= 0.3 is 6.09 Å². The van der Waals surface area contributed by atoms with E-state index >= 15 is 0 Å². The maximum Gasteiger partial charge on any atom is 0.407 e. The molecule has 0 aliphatic heterocycles. The van der Waals surface area contributed by atoms with Gasteiger partial charge in [0.05, 0.1) is 4.90 Å². The van der Waals surface area contributed by atoms with Gasteiger partial charge in [-0.05, 0) is 56.5 Å². The van der Waals surface area contributed by atoms with Crippen LogP contribution in [0.3, 0.4) is 0 Å². The van der Waals surface area contributed by atoms with Crippen LogP contribution >= 0.6 is 0 Å². The summed E-state index contributed by atoms with van der Waals surface area (Å²) in [5.74, 6) is 0. The van der Waals surface area contributed by atoms with Gasteiger partial charge in [0, 0.05) is 13.1 Å². The molecule has 0 heterocycles. The Balaban J connectivity index is 1.56. The summed E-state index contributed by atoms with van der Waals surface area (Å²) >= 11 is 0. The molecule has 166 valence electrons. The summed E-state index contributed by atoms with van der Waals surface area (Å²) in [4.78, 5) is 11.8. The molecule has 2 rings (SSSR count). The maximum atomic E-state index is 12.5. The Hall–Kier alpha value is -2.12. The molecular formula is C23H34N2O4S. The van der Waals surface area contributed by atoms with Gasteiger partial charge < -0.3 is 10.1 Å². The highest BCUT2D eigenvalue weighted by Crippen LogP contribution is 2.19. The molecule has 0 aliphatic rings. The van der Waals surface area contributed by atoms with Crippen LogP contribution in [0, 0.1) is 0 Å². The molecule has 0 spiro atoms. The molecule has 0 saturated heterocycles. The van der Waals surface area contributed by atoms with Crippen molar-refractivity contribution in [3.05, 3.63) is 42.5 Å². The van der Waals surface area contributed by atoms with Crippen molar-refractivity contribution >= 4 is 26.9 Å². The molecule has 1 amide bonds. The molecule has 6 nitrogen and oxygen atoms in total. The van der Waals surface area contributed by atoms with Gasteiger partial charge in [-0.25, -0.2) is 17.9 Å². The average Bonchev–Trinajstić information content (AvgIpc) is 2.67. The predicted molar refractivity (Wildman–Crippen MR) is 121 cm³/mol. The Morgan fingerprint density at radius 2 is 1.47 bits per heavy atom. The topological polar surface area (TPSA) is 84.5 Å². The predicted octanol–water partition coefficient (Wildman–Crippen LogP) is 4.98. The lowest BCUT2D eigenvalue weighted by Crippen LogP contribution is -2.32. The van der Waals surface area contributed by atoms with Gasteiger partial charge in [0.1, 0.15) is 5.60 Å². The van der Waals surface area contributed by atoms with Gasteiger partial charge in [0.15, 0.2) is 0 Å². The normalized spacial score (nSPS) is 12.1. The zero-order valence-corrected chi connectivity index (χ0v) is 19.1. The average molecular weight is 435 g/mol. The summed E-state index contributed by atoms with van der Waals surface area (Å²) in [5.41, 5.74) is -0.472. The first kappa shape index (κ1) is 24.2. The van der Waals surface area contributed by atoms with E-state index in [4.69, 9.17) is 4.74 Å². The molecule has 0 atom stereocenters. The van der Waals surface area contributed by atoms with Crippen LogP contribution in [0.2, 0.25) is 0 Å². The molecule has 0 aromatic heterocycles. The third kappa shape index (κ3) is 8.71. The number of amides is 1. The second kappa shape index (κ2) is 11.3. The van der Waals surface area contributed by atoms with E-state index in [1.807, 2.05) is 51.1 Å². The Morgan fingerprint density at radius 3 is 2.13 bits per heavy atom. The van der Waals surface area contributed by atoms with Crippen molar-refractivity contribution in [2.75, 3.05) is 13.1 Å². The van der Waals surface area contributed by atoms with Crippen LogP contribution < -0.4 is 10.0 Å². The van der Waals surface area contributed by atoms with E-state index < -0.39 is 15.6 Å². The van der Waals surface area contributed by atoms with Gasteiger partial charge in [0.2, 0.25) is 10.0 Å². The summed E-state index contributed by atoms with van der Waals surface area (Å²) in [7, 11) is -3.48. The number of carbonyl (C=O) groups excluding carboxylic acids is 1. The summed E-state index contributed by atoms with van der Waals surface area (Å²) in [5, 5.41) is 4.70. The van der Waals surface area contributed by atoms with E-state index in [-0.39, 0.29) is 6.09 Å². The molecule has 2 aromatic rings. The highest BCUT2D eigenvalue weighted by atomic mass is 32.2. The van der Waals surface area contributed by atoms with E-state index in [1.54, 1.807) is 12.1 Å². The fourth-order valence-corrected chi connectivity index (χ4v) is 4.20. The van der Waals surface area contributed by atoms with Crippen molar-refractivity contribution in [2.45, 2.75) is 69.8 Å². The van der Waals surface area contributed by atoms with E-state index in [0.29, 0.717) is 18.0 Å². The first-order valence-corrected chi connectivity index (χ1v) is 12.1. The van der Waals surface area contributed by atoms with Crippen LogP contribution in [0.5, 0.6) is 0 Å². The Kier molecular flexibility index (Phi) is 9.11. The van der Waals surface area contributed by atoms with E-state index in [2.05, 4.69) is 10.0 Å². The van der Waals surface area contributed by atoms with Crippen LogP contribution in [0.25, 0.3) is 10.8 Å². The van der Waals surface area contributed by atoms with Crippen LogP contribution in [-0.2, 0) is 14.8 Å². The Morgan fingerprint density at radius 1 is 0.867 bits per heavy atom. The summed E-state index contributed by atoms with van der Waals surface area (Å²) in [6, 6.07) is 12.9. The number of carbonyl (C=O) groups is 1. The number of unbranched alkanes of at least 4 members (excludes halogenated alkanes) is 5. The molecular weight excluding hydrogens is 400 g/mol. The molecule has 0 saturated carbocycles. The smallest absolute Gasteiger partial charge is 0.407 e. The van der Waals surface area contributed by atoms with Gasteiger partial charge in [-0.15, -0.1) is 0 Å². The molecule has 0 fully saturated rings. The number of rotatable bonds is 11. The highest BCUT2D eigenvalue weighted by molar-refractivity contribution is 7.89. The lowest BCUT2D eigenvalue weighted by molar-refractivity contribution is 0.0527. The Bertz CT molecular complexity index is 920. The molecule has 0 aliphatic carbocycles. The number of benzene rings is 2. The van der Waals surface area contributed by atoms with Gasteiger partial charge in [-0.2, -0.15) is 0 Å². The summed E-state index contributed by atoms with van der Waals surface area (Å²) < 4.78 is 32.8. The first-order valence-electron chi connectivity index (χ1n) is 10.6. The minimum absolute atomic E-state index is 0.304. The summed E-state index contributed by atoms with van der Waals surface area (Å²) in [6.07, 6.45) is 5.45. The summed E-state index contributed by atoms with van der Waals surface area (Å²) in [6.45, 7) is 6.58. The van der Waals surface area contributed by atoms with Crippen molar-refractivity contribution in [3.8, 4) is 0 Å². The maximum absolute atomic E-state index is 12.5. The monoisotopic (exact) mass is 434 g/mol. The fraction of sp³-hybridized carbons (Fsp3) is 0.522. The lowest BCUT2D eigenvalue weighted by atomic mass is 10.1. The van der Waals surface area contributed by atoms with Gasteiger partial charge in [-0.3, -0.25) is 0 Å². The van der Waals surface area contributed by atoms with Crippen LogP contribution in [-0.4, -0.2) is 33.2 Å². The minimum atomic E-state index is -3.48. The van der Waals surface area contributed by atoms with Crippen LogP contribution in [0.15, 0.2) is 47.4 Å². The quantitative estimate of drug-likeness (QED) is 0.488. The van der Waals surface area contributed by atoms with E-state index in [1.165, 1.54) is 0 Å². The number of hydrogen-bond donors (Lipinski definition) is 2. The molecule has 7 heteroatoms. The molecule has 0 bridgehead atoms. The molecule has 0 unspecified atom stereocenters. The lowest BCUT2D eigenvalue weighted by Gasteiger charge is -2.19. The van der Waals surface area contributed by atoms with Crippen molar-refractivity contribution in [2.24, 2.45) is 0 Å². The molecule has 30 heavy (non-hydrogen) atoms. The van der Waals surface area contributed by atoms with Gasteiger partial charge in [0.25, 0.3) is 0 Å². The molecule has 0 radical (unpaired) electrons. The van der Waals surface area contributed by atoms with E-state index in [0.717, 1.165) is 49.3 Å². The van der Waals surface area contributed by atoms with Gasteiger partial charge in [-0.1, -0.05) is 56.0 Å². The second-order valence-corrected chi connectivity index (χ2v) is 10.2. The van der Waals surface area contributed by atoms with Crippen LogP contribution in [0.1, 0.15) is 59.3 Å². The third-order valence-electron chi connectivity index (χ3n) is 4.60. The first-order chi connectivity index (χ1) is 14.2. The fourth-order valence-electron chi connectivity index (χ4n) is 3.09. The van der Waals surface area contributed by atoms with Crippen molar-refractivity contribution in [1.82, 2.24) is 10.0 Å². The minimum Gasteiger partial charge on any atom is -0.444 e. The number of ether oxygens (including phenoxy) is 1. The largest absolute Gasteiger partial charge is 0.444 e. The second-order valence-electron chi connectivity index (χ2n) is 8.46. The standard InChI is InChI=1S/C23H34N2O4S/c1-23(2,3)29-22(26)24-16-10-6-4-5-7-11-17-25-30(27,28)21-15-14-19-12-8-9-13-20(19)18-21/h8-9,12-15,18,25H,4-7,10-11,16-17H2,1-3H3,(H,24,26). The number of fused-ring (bicyclic) bond motifs is 1. The number of sulfonamides is 1. The van der Waals surface area contributed by atoms with Crippen molar-refractivity contribution in [1.29, 1.82) is 0 Å². The van der Waals surface area contributed by atoms with Crippen molar-refractivity contribution in [3.63, 3.8) is 0 Å². The van der Waals surface area contributed by atoms with E-state index in [9.17, 15) is 13.2 Å². The van der Waals surface area contributed by atoms with Crippen LogP contribution in [0.4, 0.5) is 4.79 Å². The molecule has 2 aromatic carbocycles. The van der Waals surface area contributed by atoms with Crippen molar-refractivity contribution < 1.29 is 17.9 Å². The third-order valence-corrected chi connectivity index (χ3v) is 6.05. The highest BCUT2D eigenvalue weighted by Gasteiger charge is 2.15. The SMILES string of the molecule is CC(C)(C)OC(=O)NCCCCCCCCNS(=O)(=O)c1ccc2ccccc2c1. The zero-order valence-electron chi connectivity index (χ0n) is 18.2. The number of nitrogens with one attached hydrogen (secondary N) is 2. The molecule has 2 N–H and O–H groups in total.